The number of nitrogens with one attached hydrogen (secondary N) is 2. The Morgan fingerprint density at radius 3 is 2.85 bits per heavy atom. The van der Waals surface area contributed by atoms with Gasteiger partial charge in [0.2, 0.25) is 4.34 Å². The molecule has 0 aliphatic heterocycles. The Bertz CT molecular complexity index is 1280. The molecule has 0 aliphatic carbocycles. The number of hydrogen-bond acceptors (Lipinski definition) is 6. The van der Waals surface area contributed by atoms with Crippen LogP contribution in [0.3, 0.4) is 0 Å². The van der Waals surface area contributed by atoms with E-state index in [2.05, 4.69) is 25.7 Å². The van der Waals surface area contributed by atoms with E-state index < -0.39 is 10.0 Å². The first-order chi connectivity index (χ1) is 13.0. The second kappa shape index (κ2) is 6.50. The van der Waals surface area contributed by atoms with Crippen LogP contribution in [0.15, 0.2) is 53.4 Å². The number of H-pyrrole nitrogens is 1. The van der Waals surface area contributed by atoms with Gasteiger partial charge in [-0.15, -0.1) is 11.3 Å². The maximum absolute atomic E-state index is 12.8. The van der Waals surface area contributed by atoms with Gasteiger partial charge in [-0.05, 0) is 24.6 Å². The molecule has 3 heterocycles. The Balaban J connectivity index is 1.72. The van der Waals surface area contributed by atoms with Crippen molar-refractivity contribution in [2.45, 2.75) is 11.3 Å². The van der Waals surface area contributed by atoms with E-state index in [-0.39, 0.29) is 4.34 Å². The lowest BCUT2D eigenvalue weighted by Gasteiger charge is -2.08. The first-order valence-corrected chi connectivity index (χ1v) is 10.2. The maximum Gasteiger partial charge on any atom is 0.289 e. The predicted octanol–water partition coefficient (Wildman–Crippen LogP) is 3.67. The fraction of sp³-hybridized carbons (Fsp3) is 0.0556. The highest BCUT2D eigenvalue weighted by Crippen LogP contribution is 2.32. The van der Waals surface area contributed by atoms with E-state index in [1.54, 1.807) is 36.8 Å². The highest BCUT2D eigenvalue weighted by Gasteiger charge is 2.21. The number of aromatic nitrogens is 3. The molecule has 0 atom stereocenters. The Kier molecular flexibility index (Phi) is 4.14. The lowest BCUT2D eigenvalue weighted by atomic mass is 10.1. The monoisotopic (exact) mass is 395 g/mol. The number of pyridine rings is 1. The molecule has 0 aliphatic rings. The van der Waals surface area contributed by atoms with Crippen molar-refractivity contribution in [2.24, 2.45) is 0 Å². The molecule has 2 N–H and O–H groups in total. The minimum absolute atomic E-state index is 0.0397. The smallest absolute Gasteiger partial charge is 0.289 e. The van der Waals surface area contributed by atoms with Gasteiger partial charge in [0, 0.05) is 35.7 Å². The number of thiazole rings is 1. The third kappa shape index (κ3) is 3.05. The summed E-state index contributed by atoms with van der Waals surface area (Å²) in [6.07, 6.45) is 6.39. The number of aromatic amines is 1. The molecule has 0 spiro atoms. The molecule has 0 unspecified atom stereocenters. The van der Waals surface area contributed by atoms with E-state index in [9.17, 15) is 13.7 Å². The standard InChI is InChI=1S/C18H13N5O2S2/c1-11-4-5-14(17-16(11)13(7-19)9-21-17)23-27(24,25)18-22-10-15(26-18)12-3-2-6-20-8-12/h2-6,8-10,21,23H,1H3. The lowest BCUT2D eigenvalue weighted by Crippen LogP contribution is -2.13. The van der Waals surface area contributed by atoms with Crippen molar-refractivity contribution in [1.29, 1.82) is 5.26 Å². The average molecular weight is 395 g/mol. The molecular weight excluding hydrogens is 382 g/mol. The molecule has 0 bridgehead atoms. The van der Waals surface area contributed by atoms with Crippen LogP contribution in [0.1, 0.15) is 11.1 Å². The van der Waals surface area contributed by atoms with Crippen LogP contribution in [0.2, 0.25) is 0 Å². The van der Waals surface area contributed by atoms with Crippen molar-refractivity contribution in [2.75, 3.05) is 4.72 Å². The van der Waals surface area contributed by atoms with Crippen LogP contribution in [-0.2, 0) is 10.0 Å². The molecule has 27 heavy (non-hydrogen) atoms. The quantitative estimate of drug-likeness (QED) is 0.548. The van der Waals surface area contributed by atoms with Gasteiger partial charge in [0.25, 0.3) is 10.0 Å². The summed E-state index contributed by atoms with van der Waals surface area (Å²) in [5.74, 6) is 0. The first-order valence-electron chi connectivity index (χ1n) is 7.89. The minimum atomic E-state index is -3.87. The second-order valence-electron chi connectivity index (χ2n) is 5.83. The lowest BCUT2D eigenvalue weighted by molar-refractivity contribution is 0.600. The fourth-order valence-electron chi connectivity index (χ4n) is 2.81. The highest BCUT2D eigenvalue weighted by molar-refractivity contribution is 7.94. The summed E-state index contributed by atoms with van der Waals surface area (Å²) in [4.78, 5) is 11.8. The van der Waals surface area contributed by atoms with Crippen molar-refractivity contribution in [3.63, 3.8) is 0 Å². The van der Waals surface area contributed by atoms with E-state index in [0.29, 0.717) is 27.0 Å². The van der Waals surface area contributed by atoms with Gasteiger partial charge in [-0.2, -0.15) is 13.7 Å². The van der Waals surface area contributed by atoms with E-state index >= 15 is 0 Å². The first kappa shape index (κ1) is 17.2. The molecule has 4 rings (SSSR count). The zero-order valence-corrected chi connectivity index (χ0v) is 15.7. The Morgan fingerprint density at radius 1 is 1.26 bits per heavy atom. The number of sulfonamides is 1. The van der Waals surface area contributed by atoms with Crippen molar-refractivity contribution >= 4 is 38.0 Å². The molecule has 0 saturated heterocycles. The highest BCUT2D eigenvalue weighted by atomic mass is 32.2. The van der Waals surface area contributed by atoms with Gasteiger partial charge in [0.05, 0.1) is 21.6 Å². The van der Waals surface area contributed by atoms with E-state index in [1.807, 2.05) is 13.0 Å². The van der Waals surface area contributed by atoms with Gasteiger partial charge in [-0.3, -0.25) is 9.71 Å². The van der Waals surface area contributed by atoms with Gasteiger partial charge in [0.1, 0.15) is 6.07 Å². The topological polar surface area (TPSA) is 112 Å². The second-order valence-corrected chi connectivity index (χ2v) is 8.72. The number of benzene rings is 1. The molecular formula is C18H13N5O2S2. The normalized spacial score (nSPS) is 11.4. The number of nitriles is 1. The van der Waals surface area contributed by atoms with Crippen molar-refractivity contribution in [3.05, 3.63) is 60.2 Å². The van der Waals surface area contributed by atoms with Gasteiger partial charge in [-0.1, -0.05) is 12.1 Å². The fourth-order valence-corrected chi connectivity index (χ4v) is 5.02. The number of rotatable bonds is 4. The zero-order chi connectivity index (χ0) is 19.0. The van der Waals surface area contributed by atoms with Crippen LogP contribution in [0.25, 0.3) is 21.3 Å². The van der Waals surface area contributed by atoms with Crippen LogP contribution < -0.4 is 4.72 Å². The van der Waals surface area contributed by atoms with Gasteiger partial charge < -0.3 is 4.98 Å². The molecule has 1 aromatic carbocycles. The summed E-state index contributed by atoms with van der Waals surface area (Å²) < 4.78 is 28.1. The third-order valence-electron chi connectivity index (χ3n) is 4.07. The summed E-state index contributed by atoms with van der Waals surface area (Å²) in [5.41, 5.74) is 3.10. The van der Waals surface area contributed by atoms with Gasteiger partial charge >= 0.3 is 0 Å². The summed E-state index contributed by atoms with van der Waals surface area (Å²) in [7, 11) is -3.87. The van der Waals surface area contributed by atoms with E-state index in [0.717, 1.165) is 22.5 Å². The number of fused-ring (bicyclic) bond motifs is 1. The number of nitrogens with zero attached hydrogens (tertiary/aromatic N) is 3. The van der Waals surface area contributed by atoms with Crippen LogP contribution in [0, 0.1) is 18.3 Å². The minimum Gasteiger partial charge on any atom is -0.358 e. The summed E-state index contributed by atoms with van der Waals surface area (Å²) in [6.45, 7) is 1.87. The largest absolute Gasteiger partial charge is 0.358 e. The van der Waals surface area contributed by atoms with E-state index in [1.165, 1.54) is 6.20 Å². The molecule has 134 valence electrons. The molecule has 7 nitrogen and oxygen atoms in total. The maximum atomic E-state index is 12.8. The predicted molar refractivity (Wildman–Crippen MR) is 104 cm³/mol. The van der Waals surface area contributed by atoms with Crippen molar-refractivity contribution in [3.8, 4) is 16.5 Å². The number of aryl methyl sites for hydroxylation is 1. The van der Waals surface area contributed by atoms with Gasteiger partial charge in [-0.25, -0.2) is 4.98 Å². The summed E-state index contributed by atoms with van der Waals surface area (Å²) >= 11 is 1.07. The van der Waals surface area contributed by atoms with Gasteiger partial charge in [0.15, 0.2) is 0 Å². The molecule has 0 fully saturated rings. The van der Waals surface area contributed by atoms with Crippen LogP contribution >= 0.6 is 11.3 Å². The summed E-state index contributed by atoms with van der Waals surface area (Å²) in [5, 5.41) is 9.94. The Hall–Kier alpha value is -3.22. The van der Waals surface area contributed by atoms with Crippen LogP contribution in [-0.4, -0.2) is 23.4 Å². The molecule has 9 heteroatoms. The molecule has 0 radical (unpaired) electrons. The van der Waals surface area contributed by atoms with Crippen LogP contribution in [0.4, 0.5) is 5.69 Å². The zero-order valence-electron chi connectivity index (χ0n) is 14.1. The SMILES string of the molecule is Cc1ccc(NS(=O)(=O)c2ncc(-c3cccnc3)s2)c2[nH]cc(C#N)c12. The van der Waals surface area contributed by atoms with Crippen molar-refractivity contribution in [1.82, 2.24) is 15.0 Å². The van der Waals surface area contributed by atoms with E-state index in [4.69, 9.17) is 0 Å². The Morgan fingerprint density at radius 2 is 2.11 bits per heavy atom. The number of anilines is 1. The number of hydrogen-bond donors (Lipinski definition) is 2. The summed E-state index contributed by atoms with van der Waals surface area (Å²) in [6, 6.07) is 9.18. The molecule has 0 saturated carbocycles. The average Bonchev–Trinajstić information content (AvgIpc) is 3.32. The molecule has 4 aromatic rings. The van der Waals surface area contributed by atoms with Crippen LogP contribution in [0.5, 0.6) is 0 Å². The molecule has 0 amide bonds. The van der Waals surface area contributed by atoms with Crippen molar-refractivity contribution < 1.29 is 8.42 Å². The Labute approximate surface area is 159 Å². The molecule has 3 aromatic heterocycles. The third-order valence-corrected chi connectivity index (χ3v) is 6.87.